The van der Waals surface area contributed by atoms with E-state index in [-0.39, 0.29) is 11.9 Å². The highest BCUT2D eigenvalue weighted by Gasteiger charge is 2.17. The van der Waals surface area contributed by atoms with Crippen LogP contribution in [0.1, 0.15) is 30.5 Å². The average Bonchev–Trinajstić information content (AvgIpc) is 2.55. The zero-order chi connectivity index (χ0) is 16.8. The lowest BCUT2D eigenvalue weighted by atomic mass is 10.1. The van der Waals surface area contributed by atoms with Crippen LogP contribution in [0.2, 0.25) is 0 Å². The van der Waals surface area contributed by atoms with Crippen LogP contribution in [0.4, 0.5) is 0 Å². The van der Waals surface area contributed by atoms with Crippen LogP contribution in [-0.2, 0) is 17.8 Å². The average molecular weight is 371 g/mol. The standard InChI is InChI=1S/C19H19BrN2O/c1-14(2)22(13-17-5-3-16(12-21)4-6-17)19(23)11-15-7-9-18(20)10-8-15/h3-10,14H,11,13H2,1-2H3. The number of hydrogen-bond donors (Lipinski definition) is 0. The van der Waals surface area contributed by atoms with E-state index < -0.39 is 0 Å². The Balaban J connectivity index is 2.09. The molecular formula is C19H19BrN2O. The van der Waals surface area contributed by atoms with Gasteiger partial charge in [0.05, 0.1) is 18.1 Å². The Morgan fingerprint density at radius 2 is 1.65 bits per heavy atom. The zero-order valence-corrected chi connectivity index (χ0v) is 14.9. The summed E-state index contributed by atoms with van der Waals surface area (Å²) >= 11 is 3.40. The van der Waals surface area contributed by atoms with E-state index in [1.807, 2.05) is 55.1 Å². The Morgan fingerprint density at radius 3 is 2.17 bits per heavy atom. The molecule has 2 aromatic rings. The monoisotopic (exact) mass is 370 g/mol. The minimum absolute atomic E-state index is 0.103. The lowest BCUT2D eigenvalue weighted by Crippen LogP contribution is -2.37. The minimum atomic E-state index is 0.103. The van der Waals surface area contributed by atoms with E-state index in [0.29, 0.717) is 18.5 Å². The molecule has 0 aliphatic carbocycles. The van der Waals surface area contributed by atoms with Gasteiger partial charge >= 0.3 is 0 Å². The fraction of sp³-hybridized carbons (Fsp3) is 0.263. The Kier molecular flexibility index (Phi) is 5.95. The van der Waals surface area contributed by atoms with Gasteiger partial charge in [-0.1, -0.05) is 40.2 Å². The molecule has 0 atom stereocenters. The van der Waals surface area contributed by atoms with Crippen LogP contribution < -0.4 is 0 Å². The summed E-state index contributed by atoms with van der Waals surface area (Å²) in [6.07, 6.45) is 0.391. The second-order valence-corrected chi connectivity index (χ2v) is 6.64. The van der Waals surface area contributed by atoms with Crippen LogP contribution >= 0.6 is 15.9 Å². The zero-order valence-electron chi connectivity index (χ0n) is 13.3. The summed E-state index contributed by atoms with van der Waals surface area (Å²) in [6, 6.07) is 17.4. The van der Waals surface area contributed by atoms with Crippen molar-refractivity contribution in [3.05, 3.63) is 69.7 Å². The molecule has 0 fully saturated rings. The molecule has 2 aromatic carbocycles. The normalized spacial score (nSPS) is 10.4. The molecule has 4 heteroatoms. The van der Waals surface area contributed by atoms with Gasteiger partial charge in [-0.3, -0.25) is 4.79 Å². The van der Waals surface area contributed by atoms with Gasteiger partial charge in [-0.15, -0.1) is 0 Å². The molecule has 0 heterocycles. The first-order valence-electron chi connectivity index (χ1n) is 7.52. The second kappa shape index (κ2) is 7.94. The number of rotatable bonds is 5. The van der Waals surface area contributed by atoms with Crippen LogP contribution in [0.5, 0.6) is 0 Å². The SMILES string of the molecule is CC(C)N(Cc1ccc(C#N)cc1)C(=O)Cc1ccc(Br)cc1. The molecule has 0 saturated carbocycles. The number of nitrogens with zero attached hydrogens (tertiary/aromatic N) is 2. The van der Waals surface area contributed by atoms with Crippen molar-refractivity contribution in [2.24, 2.45) is 0 Å². The van der Waals surface area contributed by atoms with Crippen molar-refractivity contribution in [1.82, 2.24) is 4.90 Å². The Hall–Kier alpha value is -2.12. The molecule has 0 N–H and O–H groups in total. The van der Waals surface area contributed by atoms with E-state index in [9.17, 15) is 4.79 Å². The molecule has 0 spiro atoms. The molecule has 0 aliphatic rings. The number of benzene rings is 2. The number of carbonyl (C=O) groups is 1. The van der Waals surface area contributed by atoms with Gasteiger partial charge in [-0.2, -0.15) is 5.26 Å². The number of hydrogen-bond acceptors (Lipinski definition) is 2. The first-order chi connectivity index (χ1) is 11.0. The largest absolute Gasteiger partial charge is 0.336 e. The first-order valence-corrected chi connectivity index (χ1v) is 8.32. The molecule has 0 unspecified atom stereocenters. The lowest BCUT2D eigenvalue weighted by molar-refractivity contribution is -0.132. The van der Waals surface area contributed by atoms with Crippen LogP contribution in [0.25, 0.3) is 0 Å². The predicted molar refractivity (Wildman–Crippen MR) is 94.7 cm³/mol. The maximum Gasteiger partial charge on any atom is 0.227 e. The number of carbonyl (C=O) groups excluding carboxylic acids is 1. The summed E-state index contributed by atoms with van der Waals surface area (Å²) in [5.74, 6) is 0.103. The highest BCUT2D eigenvalue weighted by atomic mass is 79.9. The maximum atomic E-state index is 12.6. The second-order valence-electron chi connectivity index (χ2n) is 5.73. The minimum Gasteiger partial charge on any atom is -0.336 e. The topological polar surface area (TPSA) is 44.1 Å². The fourth-order valence-electron chi connectivity index (χ4n) is 2.32. The smallest absolute Gasteiger partial charge is 0.227 e. The van der Waals surface area contributed by atoms with Crippen molar-refractivity contribution in [2.45, 2.75) is 32.9 Å². The maximum absolute atomic E-state index is 12.6. The van der Waals surface area contributed by atoms with Gasteiger partial charge < -0.3 is 4.90 Å². The molecule has 0 aliphatic heterocycles. The van der Waals surface area contributed by atoms with Crippen molar-refractivity contribution in [2.75, 3.05) is 0 Å². The molecule has 0 bridgehead atoms. The van der Waals surface area contributed by atoms with Gasteiger partial charge in [0, 0.05) is 17.1 Å². The van der Waals surface area contributed by atoms with Crippen LogP contribution in [0, 0.1) is 11.3 Å². The third kappa shape index (κ3) is 4.94. The quantitative estimate of drug-likeness (QED) is 0.787. The molecule has 3 nitrogen and oxygen atoms in total. The molecule has 0 radical (unpaired) electrons. The van der Waals surface area contributed by atoms with Gasteiger partial charge in [-0.25, -0.2) is 0 Å². The van der Waals surface area contributed by atoms with Crippen molar-refractivity contribution in [1.29, 1.82) is 5.26 Å². The summed E-state index contributed by atoms with van der Waals surface area (Å²) in [7, 11) is 0. The Morgan fingerprint density at radius 1 is 1.09 bits per heavy atom. The van der Waals surface area contributed by atoms with E-state index in [2.05, 4.69) is 22.0 Å². The van der Waals surface area contributed by atoms with E-state index in [0.717, 1.165) is 15.6 Å². The summed E-state index contributed by atoms with van der Waals surface area (Å²) in [6.45, 7) is 4.59. The first kappa shape index (κ1) is 17.2. The van der Waals surface area contributed by atoms with E-state index in [1.165, 1.54) is 0 Å². The highest BCUT2D eigenvalue weighted by Crippen LogP contribution is 2.15. The van der Waals surface area contributed by atoms with Gasteiger partial charge in [0.15, 0.2) is 0 Å². The predicted octanol–water partition coefficient (Wildman–Crippen LogP) is 4.30. The van der Waals surface area contributed by atoms with Gasteiger partial charge in [0.2, 0.25) is 5.91 Å². The summed E-state index contributed by atoms with van der Waals surface area (Å²) in [4.78, 5) is 14.5. The molecule has 1 amide bonds. The van der Waals surface area contributed by atoms with Crippen molar-refractivity contribution < 1.29 is 4.79 Å². The summed E-state index contributed by atoms with van der Waals surface area (Å²) < 4.78 is 1.01. The number of amides is 1. The van der Waals surface area contributed by atoms with Crippen LogP contribution in [0.3, 0.4) is 0 Å². The van der Waals surface area contributed by atoms with Crippen molar-refractivity contribution in [3.63, 3.8) is 0 Å². The molecule has 0 aromatic heterocycles. The fourth-order valence-corrected chi connectivity index (χ4v) is 2.58. The summed E-state index contributed by atoms with van der Waals surface area (Å²) in [5.41, 5.74) is 2.66. The molecule has 0 saturated heterocycles. The van der Waals surface area contributed by atoms with Crippen molar-refractivity contribution >= 4 is 21.8 Å². The summed E-state index contributed by atoms with van der Waals surface area (Å²) in [5, 5.41) is 8.85. The van der Waals surface area contributed by atoms with E-state index in [1.54, 1.807) is 12.1 Å². The lowest BCUT2D eigenvalue weighted by Gasteiger charge is -2.27. The van der Waals surface area contributed by atoms with Crippen LogP contribution in [-0.4, -0.2) is 16.8 Å². The van der Waals surface area contributed by atoms with Crippen molar-refractivity contribution in [3.8, 4) is 6.07 Å². The number of halogens is 1. The van der Waals surface area contributed by atoms with E-state index >= 15 is 0 Å². The molecule has 118 valence electrons. The van der Waals surface area contributed by atoms with E-state index in [4.69, 9.17) is 5.26 Å². The molecular weight excluding hydrogens is 352 g/mol. The number of nitriles is 1. The molecule has 23 heavy (non-hydrogen) atoms. The van der Waals surface area contributed by atoms with Gasteiger partial charge in [-0.05, 0) is 49.2 Å². The Bertz CT molecular complexity index is 700. The van der Waals surface area contributed by atoms with Crippen LogP contribution in [0.15, 0.2) is 53.0 Å². The van der Waals surface area contributed by atoms with Gasteiger partial charge in [0.25, 0.3) is 0 Å². The third-order valence-corrected chi connectivity index (χ3v) is 4.18. The third-order valence-electron chi connectivity index (χ3n) is 3.65. The highest BCUT2D eigenvalue weighted by molar-refractivity contribution is 9.10. The Labute approximate surface area is 145 Å². The molecule has 2 rings (SSSR count). The van der Waals surface area contributed by atoms with Gasteiger partial charge in [0.1, 0.15) is 0 Å².